The summed E-state index contributed by atoms with van der Waals surface area (Å²) in [4.78, 5) is 20.2. The fourth-order valence-electron chi connectivity index (χ4n) is 6.78. The second kappa shape index (κ2) is 10.4. The number of furan rings is 2. The van der Waals surface area contributed by atoms with Gasteiger partial charge in [0, 0.05) is 50.0 Å². The normalized spacial score (nSPS) is 11.8. The maximum Gasteiger partial charge on any atom is 0.164 e. The summed E-state index contributed by atoms with van der Waals surface area (Å²) in [5.41, 5.74) is 7.49. The van der Waals surface area contributed by atoms with Crippen LogP contribution >= 0.6 is 0 Å². The predicted molar refractivity (Wildman–Crippen MR) is 191 cm³/mol. The molecule has 48 heavy (non-hydrogen) atoms. The number of hydrogen-bond acceptors (Lipinski definition) is 6. The molecule has 4 aromatic heterocycles. The summed E-state index contributed by atoms with van der Waals surface area (Å²) in [7, 11) is 0. The van der Waals surface area contributed by atoms with E-state index in [9.17, 15) is 0 Å². The van der Waals surface area contributed by atoms with Gasteiger partial charge in [-0.3, -0.25) is 4.98 Å². The van der Waals surface area contributed by atoms with E-state index < -0.39 is 0 Å². The Morgan fingerprint density at radius 1 is 0.417 bits per heavy atom. The van der Waals surface area contributed by atoms with E-state index in [0.29, 0.717) is 17.5 Å². The first-order valence-corrected chi connectivity index (χ1v) is 15.8. The van der Waals surface area contributed by atoms with Gasteiger partial charge in [-0.25, -0.2) is 15.0 Å². The molecule has 0 aliphatic heterocycles. The molecule has 0 saturated carbocycles. The first-order chi connectivity index (χ1) is 23.8. The molecule has 0 aliphatic rings. The van der Waals surface area contributed by atoms with Crippen LogP contribution in [0.25, 0.3) is 100 Å². The lowest BCUT2D eigenvalue weighted by Crippen LogP contribution is -2.00. The molecule has 6 aromatic carbocycles. The third-order valence-corrected chi connectivity index (χ3v) is 8.99. The Balaban J connectivity index is 1.26. The highest BCUT2D eigenvalue weighted by Gasteiger charge is 2.21. The fourth-order valence-corrected chi connectivity index (χ4v) is 6.78. The van der Waals surface area contributed by atoms with Crippen molar-refractivity contribution in [2.75, 3.05) is 0 Å². The van der Waals surface area contributed by atoms with Crippen molar-refractivity contribution >= 4 is 54.6 Å². The van der Waals surface area contributed by atoms with Crippen molar-refractivity contribution in [2.24, 2.45) is 0 Å². The van der Waals surface area contributed by atoms with Crippen molar-refractivity contribution in [2.45, 2.75) is 0 Å². The summed E-state index contributed by atoms with van der Waals surface area (Å²) in [5.74, 6) is 1.71. The molecule has 0 spiro atoms. The second-order valence-electron chi connectivity index (χ2n) is 11.8. The van der Waals surface area contributed by atoms with Crippen LogP contribution in [0.4, 0.5) is 0 Å². The zero-order chi connectivity index (χ0) is 31.6. The van der Waals surface area contributed by atoms with Gasteiger partial charge < -0.3 is 8.83 Å². The van der Waals surface area contributed by atoms with Crippen LogP contribution in [-0.4, -0.2) is 19.9 Å². The van der Waals surface area contributed by atoms with Crippen molar-refractivity contribution in [3.8, 4) is 45.4 Å². The van der Waals surface area contributed by atoms with Crippen molar-refractivity contribution < 1.29 is 8.83 Å². The fraction of sp³-hybridized carbons (Fsp3) is 0. The van der Waals surface area contributed by atoms with Gasteiger partial charge in [0.2, 0.25) is 0 Å². The molecule has 0 amide bonds. The van der Waals surface area contributed by atoms with Crippen LogP contribution in [0.5, 0.6) is 0 Å². The number of benzene rings is 6. The number of hydrogen-bond donors (Lipinski definition) is 0. The Labute approximate surface area is 274 Å². The van der Waals surface area contributed by atoms with E-state index in [4.69, 9.17) is 28.8 Å². The van der Waals surface area contributed by atoms with Gasteiger partial charge in [-0.05, 0) is 41.1 Å². The van der Waals surface area contributed by atoms with E-state index >= 15 is 0 Å². The lowest BCUT2D eigenvalue weighted by Gasteiger charge is -2.10. The third kappa shape index (κ3) is 4.13. The highest BCUT2D eigenvalue weighted by molar-refractivity contribution is 6.15. The average molecular weight is 617 g/mol. The van der Waals surface area contributed by atoms with E-state index in [2.05, 4.69) is 48.5 Å². The van der Waals surface area contributed by atoms with Crippen molar-refractivity contribution in [1.29, 1.82) is 0 Å². The first-order valence-electron chi connectivity index (χ1n) is 15.8. The minimum absolute atomic E-state index is 0.555. The Morgan fingerprint density at radius 2 is 1.06 bits per heavy atom. The van der Waals surface area contributed by atoms with Crippen molar-refractivity contribution in [1.82, 2.24) is 19.9 Å². The number of fused-ring (bicyclic) bond motifs is 7. The minimum Gasteiger partial charge on any atom is -0.456 e. The Morgan fingerprint density at radius 3 is 1.88 bits per heavy atom. The molecule has 0 radical (unpaired) electrons. The van der Waals surface area contributed by atoms with Crippen LogP contribution in [0.2, 0.25) is 0 Å². The highest BCUT2D eigenvalue weighted by Crippen LogP contribution is 2.41. The van der Waals surface area contributed by atoms with Gasteiger partial charge in [-0.2, -0.15) is 0 Å². The molecule has 4 heterocycles. The van der Waals surface area contributed by atoms with E-state index in [0.717, 1.165) is 82.6 Å². The summed E-state index contributed by atoms with van der Waals surface area (Å²) in [5, 5.41) is 6.14. The summed E-state index contributed by atoms with van der Waals surface area (Å²) >= 11 is 0. The van der Waals surface area contributed by atoms with Crippen LogP contribution < -0.4 is 0 Å². The van der Waals surface area contributed by atoms with Gasteiger partial charge in [-0.15, -0.1) is 0 Å². The molecule has 0 saturated heterocycles. The number of pyridine rings is 1. The van der Waals surface area contributed by atoms with E-state index in [1.807, 2.05) is 97.2 Å². The van der Waals surface area contributed by atoms with Gasteiger partial charge in [0.1, 0.15) is 22.4 Å². The molecule has 0 bridgehead atoms. The monoisotopic (exact) mass is 616 g/mol. The molecular formula is C42H24N4O2. The summed E-state index contributed by atoms with van der Waals surface area (Å²) in [6.07, 6.45) is 1.83. The predicted octanol–water partition coefficient (Wildman–Crippen LogP) is 10.9. The molecule has 10 aromatic rings. The van der Waals surface area contributed by atoms with Crippen LogP contribution in [-0.2, 0) is 0 Å². The number of nitrogens with zero attached hydrogens (tertiary/aromatic N) is 4. The zero-order valence-corrected chi connectivity index (χ0v) is 25.5. The van der Waals surface area contributed by atoms with Crippen LogP contribution in [0.1, 0.15) is 0 Å². The van der Waals surface area contributed by atoms with Crippen molar-refractivity contribution in [3.63, 3.8) is 0 Å². The van der Waals surface area contributed by atoms with Crippen molar-refractivity contribution in [3.05, 3.63) is 146 Å². The molecule has 0 atom stereocenters. The second-order valence-corrected chi connectivity index (χ2v) is 11.8. The third-order valence-electron chi connectivity index (χ3n) is 8.99. The summed E-state index contributed by atoms with van der Waals surface area (Å²) in [6.45, 7) is 0. The van der Waals surface area contributed by atoms with E-state index in [1.54, 1.807) is 0 Å². The SMILES string of the molecule is c1ccc(-c2nccc3c2oc2cccc(-c4nc(-c5ccc6ccccc6c5)nc(-c5cccc6oc7ccccc7c56)n4)c23)cc1. The maximum atomic E-state index is 6.53. The van der Waals surface area contributed by atoms with Crippen LogP contribution in [0.15, 0.2) is 155 Å². The largest absolute Gasteiger partial charge is 0.456 e. The molecule has 0 N–H and O–H groups in total. The molecule has 0 aliphatic carbocycles. The molecule has 6 nitrogen and oxygen atoms in total. The Hall–Kier alpha value is -6.66. The molecular weight excluding hydrogens is 592 g/mol. The number of rotatable bonds is 4. The van der Waals surface area contributed by atoms with Crippen LogP contribution in [0.3, 0.4) is 0 Å². The molecule has 0 unspecified atom stereocenters. The topological polar surface area (TPSA) is 77.8 Å². The Kier molecular flexibility index (Phi) is 5.77. The van der Waals surface area contributed by atoms with Gasteiger partial charge in [0.25, 0.3) is 0 Å². The minimum atomic E-state index is 0.555. The van der Waals surface area contributed by atoms with E-state index in [-0.39, 0.29) is 0 Å². The van der Waals surface area contributed by atoms with E-state index in [1.165, 1.54) is 0 Å². The van der Waals surface area contributed by atoms with Crippen LogP contribution in [0, 0.1) is 0 Å². The quantitative estimate of drug-likeness (QED) is 0.196. The van der Waals surface area contributed by atoms with Gasteiger partial charge >= 0.3 is 0 Å². The summed E-state index contributed by atoms with van der Waals surface area (Å²) in [6, 6.07) is 46.9. The summed E-state index contributed by atoms with van der Waals surface area (Å²) < 4.78 is 12.8. The number of para-hydroxylation sites is 1. The standard InChI is InChI=1S/C42H24N4O2/c1-2-11-26(12-3-1)38-39-30(22-23-43-38)37-32(16-9-19-35(37)48-39)42-45-40(28-21-20-25-10-4-5-13-27(25)24-28)44-41(46-42)31-15-8-18-34-36(31)29-14-6-7-17-33(29)47-34/h1-24H. The molecule has 224 valence electrons. The Bertz CT molecular complexity index is 2850. The highest BCUT2D eigenvalue weighted by atomic mass is 16.3. The molecule has 10 rings (SSSR count). The van der Waals surface area contributed by atoms with Gasteiger partial charge in [0.05, 0.1) is 0 Å². The van der Waals surface area contributed by atoms with Gasteiger partial charge in [-0.1, -0.05) is 109 Å². The number of aromatic nitrogens is 4. The average Bonchev–Trinajstić information content (AvgIpc) is 3.73. The molecule has 0 fully saturated rings. The smallest absolute Gasteiger partial charge is 0.164 e. The molecule has 6 heteroatoms. The maximum absolute atomic E-state index is 6.53. The first kappa shape index (κ1) is 26.5. The zero-order valence-electron chi connectivity index (χ0n) is 25.5. The van der Waals surface area contributed by atoms with Gasteiger partial charge in [0.15, 0.2) is 23.1 Å². The lowest BCUT2D eigenvalue weighted by molar-refractivity contribution is 0.668. The lowest BCUT2D eigenvalue weighted by atomic mass is 10.0.